The van der Waals surface area contributed by atoms with E-state index in [0.717, 1.165) is 17.7 Å². The Morgan fingerprint density at radius 3 is 2.43 bits per heavy atom. The van der Waals surface area contributed by atoms with Gasteiger partial charge in [0, 0.05) is 18.1 Å². The molecule has 28 heavy (non-hydrogen) atoms. The lowest BCUT2D eigenvalue weighted by Gasteiger charge is -2.16. The Kier molecular flexibility index (Phi) is 5.27. The first-order valence-corrected chi connectivity index (χ1v) is 8.82. The van der Waals surface area contributed by atoms with Gasteiger partial charge in [0.05, 0.1) is 17.1 Å². The number of halogens is 3. The zero-order valence-corrected chi connectivity index (χ0v) is 15.4. The number of hydrogen-bond donors (Lipinski definition) is 1. The maximum Gasteiger partial charge on any atom is 0.416 e. The van der Waals surface area contributed by atoms with Crippen LogP contribution in [0.1, 0.15) is 41.4 Å². The highest BCUT2D eigenvalue weighted by Crippen LogP contribution is 2.30. The summed E-state index contributed by atoms with van der Waals surface area (Å²) >= 11 is 0. The molecule has 3 rings (SSSR count). The van der Waals surface area contributed by atoms with Gasteiger partial charge in [-0.15, -0.1) is 0 Å². The molecule has 7 heteroatoms. The van der Waals surface area contributed by atoms with E-state index in [4.69, 9.17) is 0 Å². The molecule has 1 heterocycles. The SMILES string of the molecule is CCn1cc(C(=O)NC(C)c2ccccc2)c(=O)c2cc(C(F)(F)F)ccc21. The van der Waals surface area contributed by atoms with Crippen molar-refractivity contribution in [3.63, 3.8) is 0 Å². The fourth-order valence-corrected chi connectivity index (χ4v) is 3.10. The van der Waals surface area contributed by atoms with Crippen LogP contribution in [0.15, 0.2) is 59.5 Å². The first-order chi connectivity index (χ1) is 13.2. The molecule has 1 atom stereocenters. The van der Waals surface area contributed by atoms with Gasteiger partial charge in [-0.1, -0.05) is 30.3 Å². The van der Waals surface area contributed by atoms with E-state index in [1.54, 1.807) is 18.4 Å². The Morgan fingerprint density at radius 1 is 1.14 bits per heavy atom. The van der Waals surface area contributed by atoms with Crippen LogP contribution in [0.4, 0.5) is 13.2 Å². The van der Waals surface area contributed by atoms with Crippen LogP contribution in [0.25, 0.3) is 10.9 Å². The zero-order valence-electron chi connectivity index (χ0n) is 15.4. The fourth-order valence-electron chi connectivity index (χ4n) is 3.10. The standard InChI is InChI=1S/C21H19F3N2O2/c1-3-26-12-17(20(28)25-13(2)14-7-5-4-6-8-14)19(27)16-11-15(21(22,23)24)9-10-18(16)26/h4-13H,3H2,1-2H3,(H,25,28). The van der Waals surface area contributed by atoms with Crippen LogP contribution < -0.4 is 10.7 Å². The lowest BCUT2D eigenvalue weighted by Crippen LogP contribution is -2.32. The molecule has 1 N–H and O–H groups in total. The van der Waals surface area contributed by atoms with Crippen LogP contribution in [-0.4, -0.2) is 10.5 Å². The highest BCUT2D eigenvalue weighted by molar-refractivity contribution is 5.97. The van der Waals surface area contributed by atoms with E-state index in [9.17, 15) is 22.8 Å². The number of nitrogens with one attached hydrogen (secondary N) is 1. The minimum atomic E-state index is -4.57. The minimum Gasteiger partial charge on any atom is -0.347 e. The van der Waals surface area contributed by atoms with Crippen LogP contribution in [0.2, 0.25) is 0 Å². The van der Waals surface area contributed by atoms with Gasteiger partial charge in [-0.2, -0.15) is 13.2 Å². The molecule has 146 valence electrons. The van der Waals surface area contributed by atoms with Crippen molar-refractivity contribution in [2.24, 2.45) is 0 Å². The maximum atomic E-state index is 13.1. The number of carbonyl (C=O) groups excluding carboxylic acids is 1. The smallest absolute Gasteiger partial charge is 0.347 e. The minimum absolute atomic E-state index is 0.128. The maximum absolute atomic E-state index is 13.1. The number of amides is 1. The molecule has 0 bridgehead atoms. The van der Waals surface area contributed by atoms with E-state index < -0.39 is 23.1 Å². The molecule has 0 spiro atoms. The van der Waals surface area contributed by atoms with Crippen LogP contribution in [-0.2, 0) is 12.7 Å². The second kappa shape index (κ2) is 7.50. The number of alkyl halides is 3. The Hall–Kier alpha value is -3.09. The summed E-state index contributed by atoms with van der Waals surface area (Å²) in [5.41, 5.74) is -0.616. The second-order valence-corrected chi connectivity index (χ2v) is 6.49. The quantitative estimate of drug-likeness (QED) is 0.714. The number of benzene rings is 2. The largest absolute Gasteiger partial charge is 0.416 e. The van der Waals surface area contributed by atoms with Crippen molar-refractivity contribution in [1.29, 1.82) is 0 Å². The van der Waals surface area contributed by atoms with E-state index in [1.807, 2.05) is 30.3 Å². The van der Waals surface area contributed by atoms with Crippen molar-refractivity contribution < 1.29 is 18.0 Å². The van der Waals surface area contributed by atoms with Crippen molar-refractivity contribution >= 4 is 16.8 Å². The predicted molar refractivity (Wildman–Crippen MR) is 101 cm³/mol. The summed E-state index contributed by atoms with van der Waals surface area (Å²) in [6.07, 6.45) is -3.18. The third-order valence-corrected chi connectivity index (χ3v) is 4.64. The average molecular weight is 388 g/mol. The van der Waals surface area contributed by atoms with Gasteiger partial charge < -0.3 is 9.88 Å². The van der Waals surface area contributed by atoms with Crippen LogP contribution in [0, 0.1) is 0 Å². The molecule has 0 aliphatic heterocycles. The fraction of sp³-hybridized carbons (Fsp3) is 0.238. The normalized spacial score (nSPS) is 12.8. The molecule has 4 nitrogen and oxygen atoms in total. The van der Waals surface area contributed by atoms with Gasteiger partial charge in [-0.25, -0.2) is 0 Å². The summed E-state index contributed by atoms with van der Waals surface area (Å²) < 4.78 is 40.8. The van der Waals surface area contributed by atoms with Crippen molar-refractivity contribution in [3.8, 4) is 0 Å². The highest BCUT2D eigenvalue weighted by atomic mass is 19.4. The number of aromatic nitrogens is 1. The Morgan fingerprint density at radius 2 is 1.82 bits per heavy atom. The molecule has 0 radical (unpaired) electrons. The number of rotatable bonds is 4. The Balaban J connectivity index is 2.06. The summed E-state index contributed by atoms with van der Waals surface area (Å²) in [6, 6.07) is 11.8. The van der Waals surface area contributed by atoms with Gasteiger partial charge in [0.2, 0.25) is 5.43 Å². The number of fused-ring (bicyclic) bond motifs is 1. The van der Waals surface area contributed by atoms with Gasteiger partial charge in [-0.05, 0) is 37.6 Å². The zero-order chi connectivity index (χ0) is 20.5. The number of hydrogen-bond acceptors (Lipinski definition) is 2. The van der Waals surface area contributed by atoms with Crippen molar-refractivity contribution in [2.45, 2.75) is 32.6 Å². The van der Waals surface area contributed by atoms with Gasteiger partial charge in [-0.3, -0.25) is 9.59 Å². The summed E-state index contributed by atoms with van der Waals surface area (Å²) in [7, 11) is 0. The average Bonchev–Trinajstić information content (AvgIpc) is 2.68. The third-order valence-electron chi connectivity index (χ3n) is 4.64. The van der Waals surface area contributed by atoms with E-state index in [2.05, 4.69) is 5.32 Å². The van der Waals surface area contributed by atoms with E-state index in [-0.39, 0.29) is 17.0 Å². The number of aryl methyl sites for hydroxylation is 1. The molecule has 0 fully saturated rings. The Labute approximate surface area is 159 Å². The summed E-state index contributed by atoms with van der Waals surface area (Å²) in [6.45, 7) is 3.96. The van der Waals surface area contributed by atoms with E-state index in [0.29, 0.717) is 12.1 Å². The lowest BCUT2D eigenvalue weighted by atomic mass is 10.1. The predicted octanol–water partition coefficient (Wildman–Crippen LogP) is 4.53. The van der Waals surface area contributed by atoms with Crippen molar-refractivity contribution in [3.05, 3.63) is 81.6 Å². The molecule has 1 unspecified atom stereocenters. The molecular weight excluding hydrogens is 369 g/mol. The molecule has 1 amide bonds. The van der Waals surface area contributed by atoms with Crippen molar-refractivity contribution in [1.82, 2.24) is 9.88 Å². The topological polar surface area (TPSA) is 51.1 Å². The molecular formula is C21H19F3N2O2. The summed E-state index contributed by atoms with van der Waals surface area (Å²) in [4.78, 5) is 25.5. The number of pyridine rings is 1. The monoisotopic (exact) mass is 388 g/mol. The first-order valence-electron chi connectivity index (χ1n) is 8.82. The lowest BCUT2D eigenvalue weighted by molar-refractivity contribution is -0.137. The van der Waals surface area contributed by atoms with Gasteiger partial charge in [0.15, 0.2) is 0 Å². The molecule has 0 saturated carbocycles. The van der Waals surface area contributed by atoms with E-state index in [1.165, 1.54) is 12.3 Å². The third kappa shape index (κ3) is 3.78. The molecule has 1 aromatic heterocycles. The molecule has 3 aromatic rings. The second-order valence-electron chi connectivity index (χ2n) is 6.49. The van der Waals surface area contributed by atoms with Crippen molar-refractivity contribution in [2.75, 3.05) is 0 Å². The summed E-state index contributed by atoms with van der Waals surface area (Å²) in [5, 5.41) is 2.61. The molecule has 0 saturated heterocycles. The Bertz CT molecular complexity index is 1070. The summed E-state index contributed by atoms with van der Waals surface area (Å²) in [5.74, 6) is -0.622. The van der Waals surface area contributed by atoms with E-state index >= 15 is 0 Å². The molecule has 2 aromatic carbocycles. The molecule has 0 aliphatic carbocycles. The van der Waals surface area contributed by atoms with Crippen LogP contribution in [0.5, 0.6) is 0 Å². The number of nitrogens with zero attached hydrogens (tertiary/aromatic N) is 1. The first kappa shape index (κ1) is 19.7. The van der Waals surface area contributed by atoms with Gasteiger partial charge in [0.1, 0.15) is 5.56 Å². The molecule has 0 aliphatic rings. The highest BCUT2D eigenvalue weighted by Gasteiger charge is 2.31. The van der Waals surface area contributed by atoms with Gasteiger partial charge >= 0.3 is 6.18 Å². The van der Waals surface area contributed by atoms with Crippen LogP contribution >= 0.6 is 0 Å². The number of carbonyl (C=O) groups is 1. The van der Waals surface area contributed by atoms with Crippen LogP contribution in [0.3, 0.4) is 0 Å². The van der Waals surface area contributed by atoms with Gasteiger partial charge in [0.25, 0.3) is 5.91 Å².